The van der Waals surface area contributed by atoms with Gasteiger partial charge in [-0.25, -0.2) is 9.97 Å². The van der Waals surface area contributed by atoms with Crippen LogP contribution in [0.3, 0.4) is 0 Å². The Morgan fingerprint density at radius 3 is 2.20 bits per heavy atom. The minimum absolute atomic E-state index is 0.273. The largest absolute Gasteiger partial charge is 0.380 e. The monoisotopic (exact) mass is 321 g/mol. The van der Waals surface area contributed by atoms with Gasteiger partial charge in [-0.15, -0.1) is 11.6 Å². The van der Waals surface area contributed by atoms with Crippen molar-refractivity contribution in [2.75, 3.05) is 44.4 Å². The summed E-state index contributed by atoms with van der Waals surface area (Å²) in [5, 5.41) is 0.391. The number of ether oxygens (including phenoxy) is 2. The Labute approximate surface area is 130 Å². The number of rotatable bonds is 10. The quantitative estimate of drug-likeness (QED) is 0.377. The molecular weight excluding hydrogens is 301 g/mol. The van der Waals surface area contributed by atoms with Crippen molar-refractivity contribution in [2.24, 2.45) is 0 Å². The summed E-state index contributed by atoms with van der Waals surface area (Å²) in [5.41, 5.74) is 0.740. The lowest BCUT2D eigenvalue weighted by molar-refractivity contribution is 0.141. The summed E-state index contributed by atoms with van der Waals surface area (Å²) in [6, 6.07) is 0. The van der Waals surface area contributed by atoms with Gasteiger partial charge in [-0.05, 0) is 13.8 Å². The van der Waals surface area contributed by atoms with Crippen LogP contribution in [0.4, 0.5) is 5.82 Å². The Hall–Kier alpha value is -0.620. The second-order valence-corrected chi connectivity index (χ2v) is 4.61. The number of hydrogen-bond acceptors (Lipinski definition) is 5. The Kier molecular flexibility index (Phi) is 8.85. The highest BCUT2D eigenvalue weighted by Gasteiger charge is 2.15. The maximum Gasteiger partial charge on any atom is 0.138 e. The van der Waals surface area contributed by atoms with Gasteiger partial charge in [-0.1, -0.05) is 11.6 Å². The number of hydrogen-bond donors (Lipinski definition) is 0. The van der Waals surface area contributed by atoms with Crippen molar-refractivity contribution in [2.45, 2.75) is 19.7 Å². The van der Waals surface area contributed by atoms with Gasteiger partial charge in [0.2, 0.25) is 0 Å². The van der Waals surface area contributed by atoms with Crippen molar-refractivity contribution in [3.8, 4) is 0 Å². The van der Waals surface area contributed by atoms with Gasteiger partial charge in [0, 0.05) is 31.9 Å². The lowest BCUT2D eigenvalue weighted by atomic mass is 10.3. The van der Waals surface area contributed by atoms with Gasteiger partial charge < -0.3 is 14.4 Å². The molecule has 20 heavy (non-hydrogen) atoms. The molecular formula is C13H21Cl2N3O2. The van der Waals surface area contributed by atoms with E-state index in [0.717, 1.165) is 11.4 Å². The van der Waals surface area contributed by atoms with Crippen LogP contribution in [0.1, 0.15) is 19.4 Å². The van der Waals surface area contributed by atoms with Crippen molar-refractivity contribution >= 4 is 29.0 Å². The van der Waals surface area contributed by atoms with E-state index in [4.69, 9.17) is 32.7 Å². The summed E-state index contributed by atoms with van der Waals surface area (Å²) in [6.07, 6.45) is 1.45. The van der Waals surface area contributed by atoms with Gasteiger partial charge in [0.1, 0.15) is 17.3 Å². The molecule has 1 aromatic rings. The fraction of sp³-hybridized carbons (Fsp3) is 0.692. The van der Waals surface area contributed by atoms with Crippen LogP contribution in [0.25, 0.3) is 0 Å². The van der Waals surface area contributed by atoms with Crippen molar-refractivity contribution in [3.05, 3.63) is 17.0 Å². The van der Waals surface area contributed by atoms with Crippen LogP contribution in [0.15, 0.2) is 6.33 Å². The number of alkyl halides is 1. The molecule has 0 radical (unpaired) electrons. The van der Waals surface area contributed by atoms with Gasteiger partial charge >= 0.3 is 0 Å². The van der Waals surface area contributed by atoms with Crippen LogP contribution < -0.4 is 4.90 Å². The first-order valence-electron chi connectivity index (χ1n) is 6.70. The first-order valence-corrected chi connectivity index (χ1v) is 7.61. The average Bonchev–Trinajstić information content (AvgIpc) is 2.46. The van der Waals surface area contributed by atoms with E-state index < -0.39 is 0 Å². The van der Waals surface area contributed by atoms with Gasteiger partial charge in [-0.2, -0.15) is 0 Å². The fourth-order valence-electron chi connectivity index (χ4n) is 1.73. The molecule has 1 aromatic heterocycles. The SMILES string of the molecule is CCOCCN(CCOCC)c1ncnc(Cl)c1CCl. The van der Waals surface area contributed by atoms with E-state index in [2.05, 4.69) is 14.9 Å². The fourth-order valence-corrected chi connectivity index (χ4v) is 2.24. The van der Waals surface area contributed by atoms with E-state index in [9.17, 15) is 0 Å². The molecule has 0 fully saturated rings. The molecule has 0 aliphatic carbocycles. The highest BCUT2D eigenvalue weighted by atomic mass is 35.5. The molecule has 0 amide bonds. The average molecular weight is 322 g/mol. The minimum Gasteiger partial charge on any atom is -0.380 e. The predicted octanol–water partition coefficient (Wildman–Crippen LogP) is 2.75. The molecule has 0 aliphatic heterocycles. The van der Waals surface area contributed by atoms with Crippen LogP contribution in [-0.2, 0) is 15.4 Å². The summed E-state index contributed by atoms with van der Waals surface area (Å²) in [7, 11) is 0. The van der Waals surface area contributed by atoms with E-state index in [1.807, 2.05) is 13.8 Å². The number of halogens is 2. The summed E-state index contributed by atoms with van der Waals surface area (Å²) in [4.78, 5) is 10.3. The summed E-state index contributed by atoms with van der Waals surface area (Å²) >= 11 is 12.0. The third-order valence-electron chi connectivity index (χ3n) is 2.72. The zero-order chi connectivity index (χ0) is 14.8. The third kappa shape index (κ3) is 5.40. The Bertz CT molecular complexity index is 384. The second kappa shape index (κ2) is 10.2. The van der Waals surface area contributed by atoms with E-state index in [-0.39, 0.29) is 5.88 Å². The highest BCUT2D eigenvalue weighted by Crippen LogP contribution is 2.24. The maximum absolute atomic E-state index is 6.07. The molecule has 5 nitrogen and oxygen atoms in total. The molecule has 0 saturated carbocycles. The lowest BCUT2D eigenvalue weighted by Gasteiger charge is -2.25. The molecule has 1 heterocycles. The molecule has 0 bridgehead atoms. The van der Waals surface area contributed by atoms with Crippen molar-refractivity contribution in [1.82, 2.24) is 9.97 Å². The standard InChI is InChI=1S/C13H21Cl2N3O2/c1-3-19-7-5-18(6-8-20-4-2)13-11(9-14)12(15)16-10-17-13/h10H,3-9H2,1-2H3. The van der Waals surface area contributed by atoms with Gasteiger partial charge in [-0.3, -0.25) is 0 Å². The van der Waals surface area contributed by atoms with Crippen LogP contribution in [0.2, 0.25) is 5.15 Å². The van der Waals surface area contributed by atoms with E-state index in [1.165, 1.54) is 6.33 Å². The molecule has 1 rings (SSSR count). The third-order valence-corrected chi connectivity index (χ3v) is 3.32. The first kappa shape index (κ1) is 17.4. The Morgan fingerprint density at radius 2 is 1.70 bits per heavy atom. The van der Waals surface area contributed by atoms with Gasteiger partial charge in [0.15, 0.2) is 0 Å². The summed E-state index contributed by atoms with van der Waals surface area (Å²) in [6.45, 7) is 7.96. The van der Waals surface area contributed by atoms with E-state index in [0.29, 0.717) is 44.7 Å². The lowest BCUT2D eigenvalue weighted by Crippen LogP contribution is -2.32. The van der Waals surface area contributed by atoms with E-state index in [1.54, 1.807) is 0 Å². The molecule has 7 heteroatoms. The molecule has 0 spiro atoms. The summed E-state index contributed by atoms with van der Waals surface area (Å²) < 4.78 is 10.8. The van der Waals surface area contributed by atoms with Crippen LogP contribution >= 0.6 is 23.2 Å². The summed E-state index contributed by atoms with van der Waals surface area (Å²) in [5.74, 6) is 1.02. The van der Waals surface area contributed by atoms with Crippen LogP contribution in [0, 0.1) is 0 Å². The van der Waals surface area contributed by atoms with Gasteiger partial charge in [0.05, 0.1) is 19.1 Å². The number of anilines is 1. The second-order valence-electron chi connectivity index (χ2n) is 3.98. The first-order chi connectivity index (χ1) is 9.74. The minimum atomic E-state index is 0.273. The Morgan fingerprint density at radius 1 is 1.10 bits per heavy atom. The molecule has 0 aromatic carbocycles. The van der Waals surface area contributed by atoms with E-state index >= 15 is 0 Å². The normalized spacial score (nSPS) is 10.8. The molecule has 114 valence electrons. The molecule has 0 unspecified atom stereocenters. The Balaban J connectivity index is 2.81. The highest BCUT2D eigenvalue weighted by molar-refractivity contribution is 6.31. The zero-order valence-electron chi connectivity index (χ0n) is 11.9. The van der Waals surface area contributed by atoms with Gasteiger partial charge in [0.25, 0.3) is 0 Å². The number of aromatic nitrogens is 2. The maximum atomic E-state index is 6.07. The molecule has 0 N–H and O–H groups in total. The van der Waals surface area contributed by atoms with Crippen molar-refractivity contribution < 1.29 is 9.47 Å². The van der Waals surface area contributed by atoms with Crippen LogP contribution in [-0.4, -0.2) is 49.5 Å². The van der Waals surface area contributed by atoms with Crippen molar-refractivity contribution in [3.63, 3.8) is 0 Å². The predicted molar refractivity (Wildman–Crippen MR) is 81.8 cm³/mol. The zero-order valence-corrected chi connectivity index (χ0v) is 13.5. The van der Waals surface area contributed by atoms with Crippen LogP contribution in [0.5, 0.6) is 0 Å². The molecule has 0 saturated heterocycles. The number of nitrogens with zero attached hydrogens (tertiary/aromatic N) is 3. The van der Waals surface area contributed by atoms with Crippen molar-refractivity contribution in [1.29, 1.82) is 0 Å². The smallest absolute Gasteiger partial charge is 0.138 e. The molecule has 0 aliphatic rings. The molecule has 0 atom stereocenters. The topological polar surface area (TPSA) is 47.5 Å².